The van der Waals surface area contributed by atoms with E-state index in [1.165, 1.54) is 0 Å². The van der Waals surface area contributed by atoms with Gasteiger partial charge in [-0.15, -0.1) is 0 Å². The summed E-state index contributed by atoms with van der Waals surface area (Å²) < 4.78 is 1.91. The van der Waals surface area contributed by atoms with Crippen LogP contribution in [0.5, 0.6) is 0 Å². The van der Waals surface area contributed by atoms with Crippen molar-refractivity contribution >= 4 is 34.3 Å². The van der Waals surface area contributed by atoms with Crippen molar-refractivity contribution in [1.29, 1.82) is 0 Å². The van der Waals surface area contributed by atoms with E-state index < -0.39 is 0 Å². The number of fused-ring (bicyclic) bond motifs is 2. The molecule has 0 atom stereocenters. The second kappa shape index (κ2) is 3.20. The van der Waals surface area contributed by atoms with Crippen LogP contribution in [0.25, 0.3) is 22.3 Å². The molecule has 5 heteroatoms. The number of rotatable bonds is 1. The van der Waals surface area contributed by atoms with E-state index in [-0.39, 0.29) is 0 Å². The minimum Gasteiger partial charge on any atom is -0.255 e. The molecule has 0 aliphatic rings. The second-order valence-electron chi connectivity index (χ2n) is 3.11. The summed E-state index contributed by atoms with van der Waals surface area (Å²) >= 11 is 1.57. The third-order valence-electron chi connectivity index (χ3n) is 2.22. The molecule has 0 aliphatic carbocycles. The van der Waals surface area contributed by atoms with Crippen LogP contribution in [0.1, 0.15) is 0 Å². The summed E-state index contributed by atoms with van der Waals surface area (Å²) in [5, 5.41) is 0. The molecule has 0 bridgehead atoms. The zero-order valence-electron chi connectivity index (χ0n) is 8.08. The van der Waals surface area contributed by atoms with Crippen molar-refractivity contribution in [2.24, 2.45) is 0 Å². The number of hydrogen-bond donors (Lipinski definition) is 0. The highest BCUT2D eigenvalue weighted by Gasteiger charge is 2.06. The lowest BCUT2D eigenvalue weighted by atomic mass is 10.3. The maximum absolute atomic E-state index is 4.53. The Hall–Kier alpha value is -1.62. The van der Waals surface area contributed by atoms with Gasteiger partial charge in [-0.05, 0) is 24.1 Å². The first-order chi connectivity index (χ1) is 7.38. The van der Waals surface area contributed by atoms with Gasteiger partial charge >= 0.3 is 0 Å². The van der Waals surface area contributed by atoms with Crippen LogP contribution >= 0.6 is 11.9 Å². The van der Waals surface area contributed by atoms with Crippen LogP contribution in [-0.4, -0.2) is 25.2 Å². The Kier molecular flexibility index (Phi) is 1.85. The molecular formula is C10H8N4S. The topological polar surface area (TPSA) is 43.6 Å². The third-order valence-corrected chi connectivity index (χ3v) is 2.89. The van der Waals surface area contributed by atoms with Crippen molar-refractivity contribution in [2.75, 3.05) is 6.26 Å². The SMILES string of the molecule is CSn1cnc2nc3ccccc3nc21. The van der Waals surface area contributed by atoms with Crippen LogP contribution < -0.4 is 0 Å². The van der Waals surface area contributed by atoms with Gasteiger partial charge in [-0.1, -0.05) is 12.1 Å². The van der Waals surface area contributed by atoms with Gasteiger partial charge in [-0.3, -0.25) is 3.97 Å². The van der Waals surface area contributed by atoms with E-state index in [0.717, 1.165) is 16.7 Å². The molecule has 0 fully saturated rings. The smallest absolute Gasteiger partial charge is 0.198 e. The van der Waals surface area contributed by atoms with Gasteiger partial charge in [0.1, 0.15) is 6.33 Å². The third kappa shape index (κ3) is 1.27. The Morgan fingerprint density at radius 2 is 1.87 bits per heavy atom. The average Bonchev–Trinajstić information content (AvgIpc) is 2.68. The zero-order valence-corrected chi connectivity index (χ0v) is 8.90. The maximum Gasteiger partial charge on any atom is 0.198 e. The van der Waals surface area contributed by atoms with Gasteiger partial charge < -0.3 is 0 Å². The molecule has 2 aromatic heterocycles. The molecule has 0 spiro atoms. The van der Waals surface area contributed by atoms with Crippen LogP contribution in [0.2, 0.25) is 0 Å². The quantitative estimate of drug-likeness (QED) is 0.625. The Bertz CT molecular complexity index is 631. The highest BCUT2D eigenvalue weighted by molar-refractivity contribution is 7.97. The Balaban J connectivity index is 2.45. The fraction of sp³-hybridized carbons (Fsp3) is 0.100. The van der Waals surface area contributed by atoms with E-state index in [4.69, 9.17) is 0 Å². The predicted octanol–water partition coefficient (Wildman–Crippen LogP) is 2.11. The number of nitrogens with zero attached hydrogens (tertiary/aromatic N) is 4. The van der Waals surface area contributed by atoms with Crippen molar-refractivity contribution in [3.63, 3.8) is 0 Å². The predicted molar refractivity (Wildman–Crippen MR) is 61.7 cm³/mol. The molecule has 0 amide bonds. The van der Waals surface area contributed by atoms with Gasteiger partial charge in [-0.25, -0.2) is 15.0 Å². The van der Waals surface area contributed by atoms with Crippen molar-refractivity contribution in [1.82, 2.24) is 18.9 Å². The van der Waals surface area contributed by atoms with Crippen molar-refractivity contribution < 1.29 is 0 Å². The number of imidazole rings is 1. The molecule has 0 saturated carbocycles. The lowest BCUT2D eigenvalue weighted by Crippen LogP contribution is -1.89. The van der Waals surface area contributed by atoms with E-state index in [9.17, 15) is 0 Å². The molecule has 0 aliphatic heterocycles. The monoisotopic (exact) mass is 216 g/mol. The number of aromatic nitrogens is 4. The van der Waals surface area contributed by atoms with Gasteiger partial charge in [0.25, 0.3) is 0 Å². The summed E-state index contributed by atoms with van der Waals surface area (Å²) in [7, 11) is 0. The normalized spacial score (nSPS) is 11.3. The van der Waals surface area contributed by atoms with E-state index in [1.807, 2.05) is 34.5 Å². The molecule has 3 rings (SSSR count). The lowest BCUT2D eigenvalue weighted by Gasteiger charge is -1.98. The first kappa shape index (κ1) is 8.67. The van der Waals surface area contributed by atoms with Crippen LogP contribution in [0.3, 0.4) is 0 Å². The molecule has 15 heavy (non-hydrogen) atoms. The average molecular weight is 216 g/mol. The van der Waals surface area contributed by atoms with Crippen LogP contribution in [0.4, 0.5) is 0 Å². The summed E-state index contributed by atoms with van der Waals surface area (Å²) in [5.41, 5.74) is 3.31. The first-order valence-corrected chi connectivity index (χ1v) is 5.71. The molecule has 4 nitrogen and oxygen atoms in total. The van der Waals surface area contributed by atoms with Crippen LogP contribution in [0, 0.1) is 0 Å². The molecule has 74 valence electrons. The fourth-order valence-corrected chi connectivity index (χ4v) is 1.95. The number of benzene rings is 1. The molecule has 0 N–H and O–H groups in total. The molecular weight excluding hydrogens is 208 g/mol. The number of para-hydroxylation sites is 2. The van der Waals surface area contributed by atoms with E-state index >= 15 is 0 Å². The van der Waals surface area contributed by atoms with E-state index in [2.05, 4.69) is 15.0 Å². The Morgan fingerprint density at radius 1 is 1.13 bits per heavy atom. The maximum atomic E-state index is 4.53. The van der Waals surface area contributed by atoms with Crippen molar-refractivity contribution in [3.8, 4) is 0 Å². The van der Waals surface area contributed by atoms with Crippen LogP contribution in [0.15, 0.2) is 30.6 Å². The lowest BCUT2D eigenvalue weighted by molar-refractivity contribution is 1.24. The highest BCUT2D eigenvalue weighted by Crippen LogP contribution is 2.17. The Labute approximate surface area is 90.5 Å². The molecule has 2 heterocycles. The molecule has 1 aromatic carbocycles. The van der Waals surface area contributed by atoms with Gasteiger partial charge in [0.15, 0.2) is 11.3 Å². The summed E-state index contributed by atoms with van der Waals surface area (Å²) in [5.74, 6) is 0. The number of hydrogen-bond acceptors (Lipinski definition) is 4. The van der Waals surface area contributed by atoms with Gasteiger partial charge in [-0.2, -0.15) is 0 Å². The molecule has 0 saturated heterocycles. The summed E-state index contributed by atoms with van der Waals surface area (Å²) in [6, 6.07) is 7.82. The van der Waals surface area contributed by atoms with Gasteiger partial charge in [0.05, 0.1) is 11.0 Å². The van der Waals surface area contributed by atoms with Crippen molar-refractivity contribution in [3.05, 3.63) is 30.6 Å². The molecule has 0 radical (unpaired) electrons. The van der Waals surface area contributed by atoms with Gasteiger partial charge in [0.2, 0.25) is 0 Å². The molecule has 0 unspecified atom stereocenters. The largest absolute Gasteiger partial charge is 0.255 e. The van der Waals surface area contributed by atoms with Gasteiger partial charge in [0, 0.05) is 6.26 Å². The second-order valence-corrected chi connectivity index (χ2v) is 3.87. The minimum atomic E-state index is 0.697. The fourth-order valence-electron chi connectivity index (χ4n) is 1.51. The Morgan fingerprint density at radius 3 is 2.60 bits per heavy atom. The summed E-state index contributed by atoms with van der Waals surface area (Å²) in [6.07, 6.45) is 3.73. The zero-order chi connectivity index (χ0) is 10.3. The van der Waals surface area contributed by atoms with E-state index in [0.29, 0.717) is 5.65 Å². The molecule has 3 aromatic rings. The van der Waals surface area contributed by atoms with Crippen molar-refractivity contribution in [2.45, 2.75) is 0 Å². The summed E-state index contributed by atoms with van der Waals surface area (Å²) in [4.78, 5) is 13.2. The first-order valence-electron chi connectivity index (χ1n) is 4.53. The standard InChI is InChI=1S/C10H8N4S/c1-15-14-6-11-9-10(14)13-8-5-3-2-4-7(8)12-9/h2-6H,1H3. The van der Waals surface area contributed by atoms with E-state index in [1.54, 1.807) is 18.3 Å². The highest BCUT2D eigenvalue weighted by atomic mass is 32.2. The summed E-state index contributed by atoms with van der Waals surface area (Å²) in [6.45, 7) is 0. The van der Waals surface area contributed by atoms with Crippen LogP contribution in [-0.2, 0) is 0 Å². The minimum absolute atomic E-state index is 0.697.